The number of rotatable bonds is 4. The summed E-state index contributed by atoms with van der Waals surface area (Å²) in [7, 11) is 0. The summed E-state index contributed by atoms with van der Waals surface area (Å²) in [6.07, 6.45) is 5.93. The van der Waals surface area contributed by atoms with Crippen LogP contribution in [0.25, 0.3) is 0 Å². The normalized spacial score (nSPS) is 22.7. The molecule has 0 radical (unpaired) electrons. The first-order chi connectivity index (χ1) is 8.74. The van der Waals surface area contributed by atoms with Gasteiger partial charge in [-0.1, -0.05) is 36.4 Å². The maximum absolute atomic E-state index is 10.8. The summed E-state index contributed by atoms with van der Waals surface area (Å²) in [5.41, 5.74) is 1.29. The quantitative estimate of drug-likeness (QED) is 0.654. The lowest BCUT2D eigenvalue weighted by atomic mass is 10.00. The van der Waals surface area contributed by atoms with Crippen LogP contribution >= 0.6 is 0 Å². The van der Waals surface area contributed by atoms with Gasteiger partial charge in [-0.3, -0.25) is 4.79 Å². The van der Waals surface area contributed by atoms with Crippen LogP contribution in [-0.2, 0) is 16.1 Å². The second-order valence-corrected chi connectivity index (χ2v) is 4.58. The Balaban J connectivity index is 1.77. The molecular formula is C15H19NO2. The van der Waals surface area contributed by atoms with Crippen LogP contribution in [0, 0.1) is 0 Å². The molecule has 3 heteroatoms. The second kappa shape index (κ2) is 6.36. The summed E-state index contributed by atoms with van der Waals surface area (Å²) < 4.78 is 5.15. The zero-order valence-corrected chi connectivity index (χ0v) is 10.6. The fraction of sp³-hybridized carbons (Fsp3) is 0.400. The molecule has 0 aromatic heterocycles. The lowest BCUT2D eigenvalue weighted by molar-refractivity contribution is -0.144. The van der Waals surface area contributed by atoms with Crippen molar-refractivity contribution in [1.82, 2.24) is 5.32 Å². The van der Waals surface area contributed by atoms with E-state index >= 15 is 0 Å². The Bertz CT molecular complexity index is 414. The summed E-state index contributed by atoms with van der Waals surface area (Å²) in [6.45, 7) is 2.32. The van der Waals surface area contributed by atoms with Crippen LogP contribution in [-0.4, -0.2) is 18.1 Å². The Morgan fingerprint density at radius 1 is 1.28 bits per heavy atom. The highest BCUT2D eigenvalue weighted by atomic mass is 16.5. The standard InChI is InChI=1S/C15H19NO2/c1-12(17)18-15-9-7-14(8-10-15)16-11-13-5-3-2-4-6-13/h2-7,9,14-16H,8,10-11H2,1H3/t14-,15+/m0/s1. The fourth-order valence-electron chi connectivity index (χ4n) is 2.12. The van der Waals surface area contributed by atoms with E-state index in [4.69, 9.17) is 4.74 Å². The SMILES string of the molecule is CC(=O)O[C@@H]1C=C[C@H](NCc2ccccc2)CC1. The minimum absolute atomic E-state index is 0.0442. The third-order valence-corrected chi connectivity index (χ3v) is 3.05. The van der Waals surface area contributed by atoms with E-state index in [1.165, 1.54) is 12.5 Å². The van der Waals surface area contributed by atoms with Crippen LogP contribution in [0.5, 0.6) is 0 Å². The lowest BCUT2D eigenvalue weighted by Crippen LogP contribution is -2.31. The van der Waals surface area contributed by atoms with Crippen molar-refractivity contribution in [2.75, 3.05) is 0 Å². The molecule has 1 aromatic carbocycles. The van der Waals surface area contributed by atoms with E-state index in [9.17, 15) is 4.79 Å². The van der Waals surface area contributed by atoms with Crippen molar-refractivity contribution in [3.05, 3.63) is 48.0 Å². The molecule has 96 valence electrons. The molecule has 2 atom stereocenters. The third-order valence-electron chi connectivity index (χ3n) is 3.05. The van der Waals surface area contributed by atoms with Gasteiger partial charge in [0, 0.05) is 19.5 Å². The molecule has 0 spiro atoms. The van der Waals surface area contributed by atoms with Gasteiger partial charge in [0.2, 0.25) is 0 Å². The van der Waals surface area contributed by atoms with Gasteiger partial charge in [0.15, 0.2) is 0 Å². The molecule has 0 amide bonds. The average molecular weight is 245 g/mol. The zero-order valence-electron chi connectivity index (χ0n) is 10.6. The number of ether oxygens (including phenoxy) is 1. The van der Waals surface area contributed by atoms with Crippen LogP contribution in [0.3, 0.4) is 0 Å². The summed E-state index contributed by atoms with van der Waals surface area (Å²) >= 11 is 0. The molecule has 1 aliphatic rings. The molecule has 2 rings (SSSR count). The number of hydrogen-bond acceptors (Lipinski definition) is 3. The molecule has 1 N–H and O–H groups in total. The van der Waals surface area contributed by atoms with E-state index < -0.39 is 0 Å². The number of benzene rings is 1. The van der Waals surface area contributed by atoms with E-state index in [0.717, 1.165) is 19.4 Å². The number of carbonyl (C=O) groups excluding carboxylic acids is 1. The molecule has 0 saturated heterocycles. The Morgan fingerprint density at radius 3 is 2.67 bits per heavy atom. The van der Waals surface area contributed by atoms with Gasteiger partial charge in [0.05, 0.1) is 0 Å². The highest BCUT2D eigenvalue weighted by Gasteiger charge is 2.16. The van der Waals surface area contributed by atoms with Crippen LogP contribution in [0.1, 0.15) is 25.3 Å². The molecule has 0 unspecified atom stereocenters. The van der Waals surface area contributed by atoms with Gasteiger partial charge >= 0.3 is 5.97 Å². The topological polar surface area (TPSA) is 38.3 Å². The Morgan fingerprint density at radius 2 is 2.06 bits per heavy atom. The van der Waals surface area contributed by atoms with Crippen LogP contribution in [0.2, 0.25) is 0 Å². The van der Waals surface area contributed by atoms with Crippen molar-refractivity contribution in [3.8, 4) is 0 Å². The predicted octanol–water partition coefficient (Wildman–Crippen LogP) is 2.43. The van der Waals surface area contributed by atoms with Gasteiger partial charge in [0.1, 0.15) is 6.10 Å². The lowest BCUT2D eigenvalue weighted by Gasteiger charge is -2.23. The van der Waals surface area contributed by atoms with E-state index in [2.05, 4.69) is 23.5 Å². The van der Waals surface area contributed by atoms with Crippen molar-refractivity contribution in [2.24, 2.45) is 0 Å². The van der Waals surface area contributed by atoms with Gasteiger partial charge in [-0.05, 0) is 24.5 Å². The summed E-state index contributed by atoms with van der Waals surface area (Å²) in [5, 5.41) is 3.48. The highest BCUT2D eigenvalue weighted by Crippen LogP contribution is 2.15. The molecule has 18 heavy (non-hydrogen) atoms. The molecule has 0 heterocycles. The average Bonchev–Trinajstić information content (AvgIpc) is 2.38. The smallest absolute Gasteiger partial charge is 0.303 e. The number of esters is 1. The molecule has 0 fully saturated rings. The Hall–Kier alpha value is -1.61. The molecule has 3 nitrogen and oxygen atoms in total. The van der Waals surface area contributed by atoms with Crippen molar-refractivity contribution < 1.29 is 9.53 Å². The van der Waals surface area contributed by atoms with Crippen LogP contribution in [0.4, 0.5) is 0 Å². The van der Waals surface area contributed by atoms with E-state index in [1.54, 1.807) is 0 Å². The van der Waals surface area contributed by atoms with E-state index in [1.807, 2.05) is 24.3 Å². The zero-order chi connectivity index (χ0) is 12.8. The number of nitrogens with one attached hydrogen (secondary N) is 1. The Kier molecular flexibility index (Phi) is 4.53. The fourth-order valence-corrected chi connectivity index (χ4v) is 2.12. The van der Waals surface area contributed by atoms with Crippen molar-refractivity contribution in [1.29, 1.82) is 0 Å². The van der Waals surface area contributed by atoms with Gasteiger partial charge in [-0.2, -0.15) is 0 Å². The number of hydrogen-bond donors (Lipinski definition) is 1. The maximum atomic E-state index is 10.8. The molecular weight excluding hydrogens is 226 g/mol. The molecule has 0 aliphatic heterocycles. The van der Waals surface area contributed by atoms with Crippen molar-refractivity contribution in [3.63, 3.8) is 0 Å². The minimum Gasteiger partial charge on any atom is -0.458 e. The monoisotopic (exact) mass is 245 g/mol. The van der Waals surface area contributed by atoms with Gasteiger partial charge in [-0.15, -0.1) is 0 Å². The van der Waals surface area contributed by atoms with Crippen LogP contribution in [0.15, 0.2) is 42.5 Å². The van der Waals surface area contributed by atoms with Gasteiger partial charge in [0.25, 0.3) is 0 Å². The highest BCUT2D eigenvalue weighted by molar-refractivity contribution is 5.66. The molecule has 1 aliphatic carbocycles. The maximum Gasteiger partial charge on any atom is 0.303 e. The first-order valence-electron chi connectivity index (χ1n) is 6.37. The molecule has 0 saturated carbocycles. The van der Waals surface area contributed by atoms with Crippen molar-refractivity contribution in [2.45, 2.75) is 38.5 Å². The van der Waals surface area contributed by atoms with E-state index in [-0.39, 0.29) is 12.1 Å². The molecule has 1 aromatic rings. The first kappa shape index (κ1) is 12.8. The third kappa shape index (κ3) is 4.00. The summed E-state index contributed by atoms with van der Waals surface area (Å²) in [5.74, 6) is -0.208. The van der Waals surface area contributed by atoms with Gasteiger partial charge < -0.3 is 10.1 Å². The van der Waals surface area contributed by atoms with E-state index in [0.29, 0.717) is 6.04 Å². The predicted molar refractivity (Wildman–Crippen MR) is 71.0 cm³/mol. The van der Waals surface area contributed by atoms with Gasteiger partial charge in [-0.25, -0.2) is 0 Å². The minimum atomic E-state index is -0.208. The van der Waals surface area contributed by atoms with Crippen molar-refractivity contribution >= 4 is 5.97 Å². The Labute approximate surface area is 108 Å². The second-order valence-electron chi connectivity index (χ2n) is 4.58. The number of carbonyl (C=O) groups is 1. The first-order valence-corrected chi connectivity index (χ1v) is 6.37. The van der Waals surface area contributed by atoms with Crippen LogP contribution < -0.4 is 5.32 Å². The largest absolute Gasteiger partial charge is 0.458 e. The summed E-state index contributed by atoms with van der Waals surface area (Å²) in [6, 6.07) is 10.7. The molecule has 0 bridgehead atoms. The summed E-state index contributed by atoms with van der Waals surface area (Å²) in [4.78, 5) is 10.8.